The topological polar surface area (TPSA) is 79.2 Å². The number of benzene rings is 2. The Kier molecular flexibility index (Phi) is 8.97. The first kappa shape index (κ1) is 28.5. The van der Waals surface area contributed by atoms with Crippen LogP contribution in [0.15, 0.2) is 115 Å². The number of nitrogens with two attached hydrogens (primary N) is 1. The molecule has 0 fully saturated rings. The maximum Gasteiger partial charge on any atom is 0.212 e. The highest BCUT2D eigenvalue weighted by Gasteiger charge is 2.29. The molecule has 2 aromatic rings. The second kappa shape index (κ2) is 12.0. The highest BCUT2D eigenvalue weighted by atomic mass is 16.1. The van der Waals surface area contributed by atoms with E-state index in [4.69, 9.17) is 5.73 Å². The van der Waals surface area contributed by atoms with E-state index in [1.54, 1.807) is 0 Å². The summed E-state index contributed by atoms with van der Waals surface area (Å²) in [6.07, 6.45) is 3.92. The smallest absolute Gasteiger partial charge is 0.212 e. The van der Waals surface area contributed by atoms with Gasteiger partial charge in [0.25, 0.3) is 0 Å². The number of rotatable bonds is 13. The third kappa shape index (κ3) is 6.81. The highest BCUT2D eigenvalue weighted by Crippen LogP contribution is 2.24. The summed E-state index contributed by atoms with van der Waals surface area (Å²) >= 11 is 0. The van der Waals surface area contributed by atoms with Gasteiger partial charge < -0.3 is 21.7 Å². The van der Waals surface area contributed by atoms with Crippen molar-refractivity contribution in [2.45, 2.75) is 52.4 Å². The molecule has 38 heavy (non-hydrogen) atoms. The Morgan fingerprint density at radius 1 is 1.08 bits per heavy atom. The van der Waals surface area contributed by atoms with Crippen LogP contribution in [0, 0.1) is 0 Å². The molecule has 0 aromatic heterocycles. The standard InChI is InChI=1S/C33H40N4O/c1-9-26-13-15-29(16-14-26)25(6)37-24(5)21(2)17-22(3)33(7,8)36-20-28-12-10-11-27(18-28)19-35-31-23(4)32(38)30(31)34/h9-18,25,35-37H,1-2,4-5,19-20,34H2,3,6-8H3/b22-17+. The fourth-order valence-corrected chi connectivity index (χ4v) is 4.08. The largest absolute Gasteiger partial charge is 0.394 e. The Bertz CT molecular complexity index is 1330. The SMILES string of the molecule is C=Cc1ccc(C(C)NC(=C)C(=C)/C=C(\C)C(C)(C)NCc2cccc(CNC3=C(N)C(=O)C3=C)c2)cc1. The molecule has 0 aliphatic heterocycles. The Hall–Kier alpha value is -4.09. The summed E-state index contributed by atoms with van der Waals surface area (Å²) in [5.41, 5.74) is 14.2. The first-order valence-electron chi connectivity index (χ1n) is 12.8. The lowest BCUT2D eigenvalue weighted by Crippen LogP contribution is -2.40. The predicted molar refractivity (Wildman–Crippen MR) is 160 cm³/mol. The van der Waals surface area contributed by atoms with Crippen molar-refractivity contribution in [3.8, 4) is 0 Å². The molecular weight excluding hydrogens is 468 g/mol. The lowest BCUT2D eigenvalue weighted by Gasteiger charge is -2.29. The van der Waals surface area contributed by atoms with Gasteiger partial charge in [-0.3, -0.25) is 4.79 Å². The van der Waals surface area contributed by atoms with E-state index in [9.17, 15) is 4.79 Å². The maximum absolute atomic E-state index is 11.5. The molecular formula is C33H40N4O. The fourth-order valence-electron chi connectivity index (χ4n) is 4.08. The van der Waals surface area contributed by atoms with Crippen LogP contribution in [-0.2, 0) is 17.9 Å². The van der Waals surface area contributed by atoms with E-state index in [0.717, 1.165) is 33.5 Å². The number of carbonyl (C=O) groups is 1. The molecule has 0 heterocycles. The zero-order valence-corrected chi connectivity index (χ0v) is 23.1. The van der Waals surface area contributed by atoms with Gasteiger partial charge in [-0.1, -0.05) is 92.6 Å². The van der Waals surface area contributed by atoms with Crippen molar-refractivity contribution in [3.05, 3.63) is 137 Å². The average Bonchev–Trinajstić information content (AvgIpc) is 2.91. The minimum absolute atomic E-state index is 0.107. The van der Waals surface area contributed by atoms with Crippen LogP contribution in [0.25, 0.3) is 6.08 Å². The normalized spacial score (nSPS) is 14.6. The van der Waals surface area contributed by atoms with E-state index in [0.29, 0.717) is 24.4 Å². The van der Waals surface area contributed by atoms with Gasteiger partial charge in [-0.15, -0.1) is 0 Å². The minimum Gasteiger partial charge on any atom is -0.394 e. The van der Waals surface area contributed by atoms with Crippen LogP contribution < -0.4 is 21.7 Å². The summed E-state index contributed by atoms with van der Waals surface area (Å²) in [7, 11) is 0. The van der Waals surface area contributed by atoms with Crippen LogP contribution in [0.5, 0.6) is 0 Å². The van der Waals surface area contributed by atoms with Gasteiger partial charge in [-0.2, -0.15) is 0 Å². The van der Waals surface area contributed by atoms with Gasteiger partial charge in [0.2, 0.25) is 5.78 Å². The number of Topliss-reactive ketones (excluding diaryl/α,β-unsaturated/α-hetero) is 1. The summed E-state index contributed by atoms with van der Waals surface area (Å²) in [5, 5.41) is 10.3. The number of hydrogen-bond donors (Lipinski definition) is 4. The molecule has 5 heteroatoms. The third-order valence-corrected chi connectivity index (χ3v) is 7.11. The molecule has 0 radical (unpaired) electrons. The van der Waals surface area contributed by atoms with Crippen LogP contribution in [0.2, 0.25) is 0 Å². The van der Waals surface area contributed by atoms with Gasteiger partial charge in [0.15, 0.2) is 0 Å². The zero-order chi connectivity index (χ0) is 28.0. The average molecular weight is 509 g/mol. The summed E-state index contributed by atoms with van der Waals surface area (Å²) in [4.78, 5) is 11.5. The molecule has 1 aliphatic rings. The molecule has 3 rings (SSSR count). The molecule has 0 amide bonds. The summed E-state index contributed by atoms with van der Waals surface area (Å²) < 4.78 is 0. The second-order valence-electron chi connectivity index (χ2n) is 10.3. The molecule has 5 nitrogen and oxygen atoms in total. The van der Waals surface area contributed by atoms with Crippen molar-refractivity contribution < 1.29 is 4.79 Å². The van der Waals surface area contributed by atoms with Crippen LogP contribution in [0.4, 0.5) is 0 Å². The zero-order valence-electron chi connectivity index (χ0n) is 23.1. The molecule has 1 aliphatic carbocycles. The van der Waals surface area contributed by atoms with Gasteiger partial charge in [-0.25, -0.2) is 0 Å². The van der Waals surface area contributed by atoms with Crippen LogP contribution in [0.1, 0.15) is 56.0 Å². The number of nitrogens with one attached hydrogen (secondary N) is 3. The van der Waals surface area contributed by atoms with Crippen molar-refractivity contribution in [1.29, 1.82) is 0 Å². The third-order valence-electron chi connectivity index (χ3n) is 7.11. The molecule has 198 valence electrons. The molecule has 2 aromatic carbocycles. The van der Waals surface area contributed by atoms with E-state index in [2.05, 4.69) is 112 Å². The molecule has 0 saturated heterocycles. The first-order valence-corrected chi connectivity index (χ1v) is 12.8. The van der Waals surface area contributed by atoms with Gasteiger partial charge >= 0.3 is 0 Å². The number of allylic oxidation sites excluding steroid dienone is 3. The Morgan fingerprint density at radius 2 is 1.71 bits per heavy atom. The maximum atomic E-state index is 11.5. The van der Waals surface area contributed by atoms with Crippen molar-refractivity contribution in [2.24, 2.45) is 5.73 Å². The van der Waals surface area contributed by atoms with E-state index < -0.39 is 0 Å². The monoisotopic (exact) mass is 508 g/mol. The number of carbonyl (C=O) groups excluding carboxylic acids is 1. The molecule has 5 N–H and O–H groups in total. The van der Waals surface area contributed by atoms with Gasteiger partial charge in [-0.05, 0) is 55.5 Å². The van der Waals surface area contributed by atoms with Crippen LogP contribution >= 0.6 is 0 Å². The lowest BCUT2D eigenvalue weighted by molar-refractivity contribution is -0.113. The molecule has 0 saturated carbocycles. The van der Waals surface area contributed by atoms with E-state index in [1.807, 2.05) is 18.2 Å². The molecule has 0 bridgehead atoms. The summed E-state index contributed by atoms with van der Waals surface area (Å²) in [6, 6.07) is 16.7. The van der Waals surface area contributed by atoms with Crippen molar-refractivity contribution in [1.82, 2.24) is 16.0 Å². The molecule has 0 spiro atoms. The van der Waals surface area contributed by atoms with Gasteiger partial charge in [0, 0.05) is 35.9 Å². The van der Waals surface area contributed by atoms with E-state index >= 15 is 0 Å². The number of ketones is 1. The highest BCUT2D eigenvalue weighted by molar-refractivity contribution is 6.18. The quantitative estimate of drug-likeness (QED) is 0.198. The predicted octanol–water partition coefficient (Wildman–Crippen LogP) is 5.96. The lowest BCUT2D eigenvalue weighted by atomic mass is 9.92. The van der Waals surface area contributed by atoms with E-state index in [-0.39, 0.29) is 23.1 Å². The molecule has 1 atom stereocenters. The van der Waals surface area contributed by atoms with Crippen LogP contribution in [-0.4, -0.2) is 11.3 Å². The van der Waals surface area contributed by atoms with Crippen molar-refractivity contribution in [3.63, 3.8) is 0 Å². The van der Waals surface area contributed by atoms with Gasteiger partial charge in [0.05, 0.1) is 5.70 Å². The summed E-state index contributed by atoms with van der Waals surface area (Å²) in [5.74, 6) is -0.175. The Balaban J connectivity index is 1.55. The number of hydrogen-bond acceptors (Lipinski definition) is 5. The molecule has 1 unspecified atom stereocenters. The van der Waals surface area contributed by atoms with Crippen molar-refractivity contribution >= 4 is 11.9 Å². The Morgan fingerprint density at radius 3 is 2.32 bits per heavy atom. The minimum atomic E-state index is -0.257. The van der Waals surface area contributed by atoms with Crippen molar-refractivity contribution in [2.75, 3.05) is 0 Å². The second-order valence-corrected chi connectivity index (χ2v) is 10.3. The van der Waals surface area contributed by atoms with Crippen LogP contribution in [0.3, 0.4) is 0 Å². The first-order chi connectivity index (χ1) is 17.9. The van der Waals surface area contributed by atoms with Gasteiger partial charge in [0.1, 0.15) is 5.70 Å². The summed E-state index contributed by atoms with van der Waals surface area (Å²) in [6.45, 7) is 25.8. The van der Waals surface area contributed by atoms with E-state index in [1.165, 1.54) is 5.56 Å². The fraction of sp³-hybridized carbons (Fsp3) is 0.242. The Labute approximate surface area is 227 Å².